The van der Waals surface area contributed by atoms with Crippen LogP contribution in [0, 0.1) is 0 Å². The number of thiocarbonyl (C=S) groups is 1. The number of amides is 1. The summed E-state index contributed by atoms with van der Waals surface area (Å²) >= 11 is 11.5. The summed E-state index contributed by atoms with van der Waals surface area (Å²) in [5.41, 5.74) is 1.12. The molecule has 7 heteroatoms. The first-order valence-corrected chi connectivity index (χ1v) is 8.26. The van der Waals surface area contributed by atoms with E-state index in [1.807, 2.05) is 6.92 Å². The van der Waals surface area contributed by atoms with Crippen LogP contribution in [-0.4, -0.2) is 36.2 Å². The fourth-order valence-corrected chi connectivity index (χ4v) is 2.83. The second-order valence-corrected chi connectivity index (χ2v) is 5.87. The van der Waals surface area contributed by atoms with Crippen molar-refractivity contribution in [1.29, 1.82) is 0 Å². The molecule has 24 heavy (non-hydrogen) atoms. The van der Waals surface area contributed by atoms with Gasteiger partial charge in [-0.3, -0.25) is 9.69 Å². The highest BCUT2D eigenvalue weighted by Crippen LogP contribution is 2.37. The highest BCUT2D eigenvalue weighted by atomic mass is 35.5. The van der Waals surface area contributed by atoms with Crippen molar-refractivity contribution in [3.05, 3.63) is 41.1 Å². The van der Waals surface area contributed by atoms with Gasteiger partial charge in [0.25, 0.3) is 5.91 Å². The van der Waals surface area contributed by atoms with Gasteiger partial charge in [0.05, 0.1) is 12.1 Å². The molecule has 5 nitrogen and oxygen atoms in total. The molecule has 1 saturated heterocycles. The zero-order chi connectivity index (χ0) is 17.7. The number of nitrogens with one attached hydrogen (secondary N) is 1. The van der Waals surface area contributed by atoms with E-state index in [9.17, 15) is 4.79 Å². The molecule has 1 amide bonds. The molecule has 128 valence electrons. The molecule has 1 aliphatic rings. The average molecular weight is 367 g/mol. The lowest BCUT2D eigenvalue weighted by Gasteiger charge is -2.12. The maximum atomic E-state index is 12.4. The summed E-state index contributed by atoms with van der Waals surface area (Å²) in [5, 5.41) is 3.74. The van der Waals surface area contributed by atoms with Crippen molar-refractivity contribution in [3.8, 4) is 11.5 Å². The van der Waals surface area contributed by atoms with E-state index < -0.39 is 0 Å². The van der Waals surface area contributed by atoms with Crippen molar-refractivity contribution in [2.45, 2.75) is 13.3 Å². The van der Waals surface area contributed by atoms with Gasteiger partial charge in [-0.15, -0.1) is 0 Å². The summed E-state index contributed by atoms with van der Waals surface area (Å²) in [4.78, 5) is 13.9. The first-order chi connectivity index (χ1) is 11.5. The van der Waals surface area contributed by atoms with E-state index in [-0.39, 0.29) is 5.91 Å². The summed E-state index contributed by atoms with van der Waals surface area (Å²) in [5.74, 6) is 0.772. The predicted octanol–water partition coefficient (Wildman–Crippen LogP) is 3.38. The van der Waals surface area contributed by atoms with Gasteiger partial charge >= 0.3 is 0 Å². The molecule has 0 saturated carbocycles. The van der Waals surface area contributed by atoms with E-state index >= 15 is 0 Å². The number of benzene rings is 1. The molecule has 0 unspecified atom stereocenters. The number of hydrogen-bond acceptors (Lipinski definition) is 4. The lowest BCUT2D eigenvalue weighted by atomic mass is 10.1. The fraction of sp³-hybridized carbons (Fsp3) is 0.294. The molecule has 0 bridgehead atoms. The molecule has 2 rings (SSSR count). The van der Waals surface area contributed by atoms with Gasteiger partial charge in [-0.05, 0) is 42.4 Å². The Hall–Kier alpha value is -2.05. The van der Waals surface area contributed by atoms with Gasteiger partial charge in [0.2, 0.25) is 0 Å². The number of halogens is 1. The molecule has 1 fully saturated rings. The lowest BCUT2D eigenvalue weighted by Crippen LogP contribution is -2.31. The molecule has 1 aromatic carbocycles. The third kappa shape index (κ3) is 3.88. The summed E-state index contributed by atoms with van der Waals surface area (Å²) in [6.45, 7) is 6.49. The van der Waals surface area contributed by atoms with Gasteiger partial charge in [-0.2, -0.15) is 0 Å². The number of carbonyl (C=O) groups is 1. The van der Waals surface area contributed by atoms with Crippen LogP contribution in [0.5, 0.6) is 11.5 Å². The third-order valence-electron chi connectivity index (χ3n) is 3.32. The molecule has 1 N–H and O–H groups in total. The summed E-state index contributed by atoms with van der Waals surface area (Å²) in [6, 6.07) is 3.45. The third-order valence-corrected chi connectivity index (χ3v) is 3.92. The smallest absolute Gasteiger partial charge is 0.276 e. The van der Waals surface area contributed by atoms with E-state index in [0.29, 0.717) is 46.0 Å². The molecule has 0 radical (unpaired) electrons. The second-order valence-electron chi connectivity index (χ2n) is 5.08. The van der Waals surface area contributed by atoms with Gasteiger partial charge in [-0.1, -0.05) is 31.2 Å². The number of nitrogens with zero attached hydrogens (tertiary/aromatic N) is 1. The van der Waals surface area contributed by atoms with Gasteiger partial charge in [0.1, 0.15) is 12.3 Å². The normalized spacial score (nSPS) is 15.6. The molecule has 0 atom stereocenters. The molecule has 0 aromatic heterocycles. The Morgan fingerprint density at radius 1 is 1.46 bits per heavy atom. The van der Waals surface area contributed by atoms with E-state index in [1.54, 1.807) is 29.2 Å². The van der Waals surface area contributed by atoms with Crippen molar-refractivity contribution in [1.82, 2.24) is 10.2 Å². The van der Waals surface area contributed by atoms with Crippen LogP contribution >= 0.6 is 23.8 Å². The molecule has 0 spiro atoms. The van der Waals surface area contributed by atoms with Crippen molar-refractivity contribution >= 4 is 40.9 Å². The molecular formula is C17H19ClN2O3S. The fourth-order valence-electron chi connectivity index (χ4n) is 2.27. The minimum atomic E-state index is -0.149. The van der Waals surface area contributed by atoms with Gasteiger partial charge in [0.15, 0.2) is 16.6 Å². The topological polar surface area (TPSA) is 50.8 Å². The molecule has 1 aliphatic heterocycles. The lowest BCUT2D eigenvalue weighted by molar-refractivity contribution is -0.122. The first kappa shape index (κ1) is 18.3. The van der Waals surface area contributed by atoms with Crippen molar-refractivity contribution < 1.29 is 14.3 Å². The molecular weight excluding hydrogens is 348 g/mol. The number of rotatable bonds is 7. The number of ether oxygens (including phenoxy) is 2. The van der Waals surface area contributed by atoms with Crippen LogP contribution in [-0.2, 0) is 4.79 Å². The molecule has 1 heterocycles. The Bertz CT molecular complexity index is 703. The van der Waals surface area contributed by atoms with Crippen LogP contribution in [0.2, 0.25) is 5.02 Å². The first-order valence-electron chi connectivity index (χ1n) is 7.47. The Kier molecular flexibility index (Phi) is 6.23. The van der Waals surface area contributed by atoms with Crippen LogP contribution < -0.4 is 14.8 Å². The Morgan fingerprint density at radius 3 is 2.83 bits per heavy atom. The molecule has 1 aromatic rings. The zero-order valence-electron chi connectivity index (χ0n) is 13.6. The minimum absolute atomic E-state index is 0.149. The summed E-state index contributed by atoms with van der Waals surface area (Å²) in [7, 11) is 1.53. The largest absolute Gasteiger partial charge is 0.493 e. The summed E-state index contributed by atoms with van der Waals surface area (Å²) < 4.78 is 10.8. The Morgan fingerprint density at radius 2 is 2.21 bits per heavy atom. The van der Waals surface area contributed by atoms with Crippen molar-refractivity contribution in [3.63, 3.8) is 0 Å². The predicted molar refractivity (Wildman–Crippen MR) is 99.4 cm³/mol. The standard InChI is InChI=1S/C17H19ClN2O3S/c1-4-6-20-16(21)13(19-17(20)24)9-11-8-12(18)15(23-7-5-2)14(10-11)22-3/h5,8-10H,2,4,6-7H2,1,3H3,(H,19,24)/b13-9-. The van der Waals surface area contributed by atoms with Gasteiger partial charge < -0.3 is 14.8 Å². The summed E-state index contributed by atoms with van der Waals surface area (Å²) in [6.07, 6.45) is 4.14. The monoisotopic (exact) mass is 366 g/mol. The highest BCUT2D eigenvalue weighted by molar-refractivity contribution is 7.80. The molecule has 0 aliphatic carbocycles. The number of hydrogen-bond donors (Lipinski definition) is 1. The van der Waals surface area contributed by atoms with E-state index in [1.165, 1.54) is 7.11 Å². The zero-order valence-corrected chi connectivity index (χ0v) is 15.2. The van der Waals surface area contributed by atoms with Crippen LogP contribution in [0.1, 0.15) is 18.9 Å². The maximum Gasteiger partial charge on any atom is 0.276 e. The maximum absolute atomic E-state index is 12.4. The van der Waals surface area contributed by atoms with Gasteiger partial charge in [0, 0.05) is 6.54 Å². The number of methoxy groups -OCH3 is 1. The van der Waals surface area contributed by atoms with Crippen LogP contribution in [0.25, 0.3) is 6.08 Å². The van der Waals surface area contributed by atoms with Gasteiger partial charge in [-0.25, -0.2) is 0 Å². The minimum Gasteiger partial charge on any atom is -0.493 e. The van der Waals surface area contributed by atoms with E-state index in [0.717, 1.165) is 6.42 Å². The quantitative estimate of drug-likeness (QED) is 0.455. The Labute approximate surface area is 151 Å². The number of carbonyl (C=O) groups excluding carboxylic acids is 1. The second kappa shape index (κ2) is 8.17. The average Bonchev–Trinajstić information content (AvgIpc) is 2.81. The van der Waals surface area contributed by atoms with E-state index in [2.05, 4.69) is 11.9 Å². The van der Waals surface area contributed by atoms with Crippen LogP contribution in [0.15, 0.2) is 30.5 Å². The van der Waals surface area contributed by atoms with Crippen molar-refractivity contribution in [2.24, 2.45) is 0 Å². The van der Waals surface area contributed by atoms with E-state index in [4.69, 9.17) is 33.3 Å². The van der Waals surface area contributed by atoms with Crippen molar-refractivity contribution in [2.75, 3.05) is 20.3 Å². The van der Waals surface area contributed by atoms with Crippen LogP contribution in [0.3, 0.4) is 0 Å². The van der Waals surface area contributed by atoms with Crippen LogP contribution in [0.4, 0.5) is 0 Å². The SMILES string of the molecule is C=CCOc1c(Cl)cc(/C=C2\NC(=S)N(CCC)C2=O)cc1OC. The Balaban J connectivity index is 2.33. The highest BCUT2D eigenvalue weighted by Gasteiger charge is 2.29.